The van der Waals surface area contributed by atoms with Crippen molar-refractivity contribution in [1.29, 1.82) is 0 Å². The number of carbonyl (C=O) groups excluding carboxylic acids is 1. The molecule has 1 aliphatic heterocycles. The highest BCUT2D eigenvalue weighted by Gasteiger charge is 2.29. The van der Waals surface area contributed by atoms with Gasteiger partial charge < -0.3 is 26.8 Å². The number of alkyl halides is 3. The first kappa shape index (κ1) is 22.7. The lowest BCUT2D eigenvalue weighted by Crippen LogP contribution is -2.48. The number of hydrogen-bond donors (Lipinski definition) is 4. The minimum atomic E-state index is -4.40. The van der Waals surface area contributed by atoms with Gasteiger partial charge in [0.25, 0.3) is 5.91 Å². The van der Waals surface area contributed by atoms with Gasteiger partial charge in [0.05, 0.1) is 18.3 Å². The first-order valence-electron chi connectivity index (χ1n) is 10.0. The summed E-state index contributed by atoms with van der Waals surface area (Å²) < 4.78 is 44.7. The van der Waals surface area contributed by atoms with Crippen LogP contribution in [-0.2, 0) is 11.3 Å². The first-order chi connectivity index (χ1) is 15.6. The minimum absolute atomic E-state index is 0.0436. The molecule has 6 N–H and O–H groups in total. The fourth-order valence-corrected chi connectivity index (χ4v) is 3.69. The van der Waals surface area contributed by atoms with Gasteiger partial charge in [-0.2, -0.15) is 23.3 Å². The molecule has 14 heteroatoms. The van der Waals surface area contributed by atoms with E-state index in [0.717, 1.165) is 4.68 Å². The molecular formula is C19H22F3N9O2. The topological polar surface area (TPSA) is 159 Å². The van der Waals surface area contributed by atoms with Crippen molar-refractivity contribution in [3.8, 4) is 0 Å². The predicted octanol–water partition coefficient (Wildman–Crippen LogP) is 1.46. The molecule has 1 aromatic carbocycles. The molecule has 0 radical (unpaired) electrons. The second-order valence-electron chi connectivity index (χ2n) is 7.75. The molecule has 3 aromatic rings. The third-order valence-corrected chi connectivity index (χ3v) is 5.15. The number of halogens is 3. The summed E-state index contributed by atoms with van der Waals surface area (Å²) in [6.45, 7) is 1.38. The number of hydrogen-bond acceptors (Lipinski definition) is 9. The highest BCUT2D eigenvalue weighted by Crippen LogP contribution is 2.28. The standard InChI is InChI=1S/C19H22F3N9O2/c1-9-4-11(5-10-6-25-31(15(9)10)8-19(20,21)22)26-17-14(16(24)32)29-30-18(28-17)27-13-2-3-33-7-12(13)23/h4-6,12-13H,2-3,7-8,23H2,1H3,(H2,24,32)(H2,26,27,28,30)/t12-,13+/m0/s1. The van der Waals surface area contributed by atoms with Crippen molar-refractivity contribution in [2.45, 2.75) is 38.1 Å². The average Bonchev–Trinajstić information content (AvgIpc) is 3.11. The number of carbonyl (C=O) groups is 1. The normalized spacial score (nSPS) is 18.9. The summed E-state index contributed by atoms with van der Waals surface area (Å²) in [6, 6.07) is 2.79. The number of aryl methyl sites for hydroxylation is 1. The molecule has 0 saturated carbocycles. The Bertz CT molecular complexity index is 1180. The van der Waals surface area contributed by atoms with Crippen molar-refractivity contribution in [3.05, 3.63) is 29.6 Å². The number of anilines is 3. The third-order valence-electron chi connectivity index (χ3n) is 5.15. The molecule has 0 bridgehead atoms. The Hall–Kier alpha value is -3.52. The number of primary amides is 1. The number of nitrogens with zero attached hydrogens (tertiary/aromatic N) is 5. The van der Waals surface area contributed by atoms with E-state index in [2.05, 4.69) is 30.9 Å². The van der Waals surface area contributed by atoms with Gasteiger partial charge in [0.15, 0.2) is 11.5 Å². The summed E-state index contributed by atoms with van der Waals surface area (Å²) in [5.74, 6) is -0.662. The Kier molecular flexibility index (Phi) is 6.03. The van der Waals surface area contributed by atoms with Gasteiger partial charge in [0, 0.05) is 29.8 Å². The molecule has 1 fully saturated rings. The second-order valence-corrected chi connectivity index (χ2v) is 7.75. The smallest absolute Gasteiger partial charge is 0.380 e. The summed E-state index contributed by atoms with van der Waals surface area (Å²) in [5, 5.41) is 18.2. The van der Waals surface area contributed by atoms with E-state index in [1.165, 1.54) is 6.20 Å². The molecule has 0 unspecified atom stereocenters. The SMILES string of the molecule is Cc1cc(Nc2nc(N[C@@H]3CCOC[C@@H]3N)nnc2C(N)=O)cc2cnn(CC(F)(F)F)c12. The lowest BCUT2D eigenvalue weighted by atomic mass is 10.1. The molecule has 176 valence electrons. The van der Waals surface area contributed by atoms with Crippen molar-refractivity contribution in [2.75, 3.05) is 23.8 Å². The van der Waals surface area contributed by atoms with Crippen molar-refractivity contribution in [1.82, 2.24) is 25.0 Å². The Morgan fingerprint density at radius 1 is 1.33 bits per heavy atom. The number of nitrogens with two attached hydrogens (primary N) is 2. The fourth-order valence-electron chi connectivity index (χ4n) is 3.69. The predicted molar refractivity (Wildman–Crippen MR) is 113 cm³/mol. The third kappa shape index (κ3) is 5.12. The number of rotatable bonds is 6. The van der Waals surface area contributed by atoms with Crippen LogP contribution in [0, 0.1) is 6.92 Å². The largest absolute Gasteiger partial charge is 0.408 e. The van der Waals surface area contributed by atoms with E-state index in [4.69, 9.17) is 16.2 Å². The van der Waals surface area contributed by atoms with Crippen LogP contribution in [-0.4, -0.2) is 62.3 Å². The monoisotopic (exact) mass is 465 g/mol. The van der Waals surface area contributed by atoms with Gasteiger partial charge in [-0.05, 0) is 31.0 Å². The maximum Gasteiger partial charge on any atom is 0.408 e. The van der Waals surface area contributed by atoms with Crippen LogP contribution in [0.2, 0.25) is 0 Å². The molecule has 4 rings (SSSR count). The Morgan fingerprint density at radius 3 is 2.82 bits per heavy atom. The van der Waals surface area contributed by atoms with Gasteiger partial charge in [0.2, 0.25) is 5.95 Å². The van der Waals surface area contributed by atoms with E-state index in [1.54, 1.807) is 19.1 Å². The number of ether oxygens (including phenoxy) is 1. The first-order valence-corrected chi connectivity index (χ1v) is 10.0. The number of aromatic nitrogens is 5. The zero-order valence-corrected chi connectivity index (χ0v) is 17.6. The molecule has 2 aromatic heterocycles. The lowest BCUT2D eigenvalue weighted by Gasteiger charge is -2.29. The molecule has 11 nitrogen and oxygen atoms in total. The molecule has 0 spiro atoms. The number of nitrogens with one attached hydrogen (secondary N) is 2. The van der Waals surface area contributed by atoms with Gasteiger partial charge in [-0.3, -0.25) is 9.48 Å². The lowest BCUT2D eigenvalue weighted by molar-refractivity contribution is -0.141. The quantitative estimate of drug-likeness (QED) is 0.423. The molecular weight excluding hydrogens is 443 g/mol. The number of benzene rings is 1. The Morgan fingerprint density at radius 2 is 2.12 bits per heavy atom. The van der Waals surface area contributed by atoms with Gasteiger partial charge in [-0.25, -0.2) is 0 Å². The van der Waals surface area contributed by atoms with Gasteiger partial charge in [-0.15, -0.1) is 10.2 Å². The van der Waals surface area contributed by atoms with E-state index >= 15 is 0 Å². The zero-order chi connectivity index (χ0) is 23.8. The van der Waals surface area contributed by atoms with Crippen LogP contribution in [0.1, 0.15) is 22.5 Å². The second kappa shape index (κ2) is 8.78. The van der Waals surface area contributed by atoms with Crippen molar-refractivity contribution >= 4 is 34.3 Å². The highest BCUT2D eigenvalue weighted by atomic mass is 19.4. The summed E-state index contributed by atoms with van der Waals surface area (Å²) in [4.78, 5) is 16.2. The molecule has 0 aliphatic carbocycles. The van der Waals surface area contributed by atoms with Crippen LogP contribution >= 0.6 is 0 Å². The Labute approximate surface area is 185 Å². The van der Waals surface area contributed by atoms with Gasteiger partial charge in [0.1, 0.15) is 6.54 Å². The molecule has 33 heavy (non-hydrogen) atoms. The van der Waals surface area contributed by atoms with E-state index < -0.39 is 18.6 Å². The number of fused-ring (bicyclic) bond motifs is 1. The zero-order valence-electron chi connectivity index (χ0n) is 17.6. The van der Waals surface area contributed by atoms with Crippen LogP contribution in [0.15, 0.2) is 18.3 Å². The molecule has 2 atom stereocenters. The van der Waals surface area contributed by atoms with Crippen LogP contribution in [0.25, 0.3) is 10.9 Å². The van der Waals surface area contributed by atoms with E-state index in [-0.39, 0.29) is 29.5 Å². The molecule has 3 heterocycles. The van der Waals surface area contributed by atoms with Crippen molar-refractivity contribution < 1.29 is 22.7 Å². The summed E-state index contributed by atoms with van der Waals surface area (Å²) in [5.41, 5.74) is 12.6. The summed E-state index contributed by atoms with van der Waals surface area (Å²) in [6.07, 6.45) is -2.42. The highest BCUT2D eigenvalue weighted by molar-refractivity contribution is 5.96. The van der Waals surface area contributed by atoms with Gasteiger partial charge in [-0.1, -0.05) is 0 Å². The van der Waals surface area contributed by atoms with E-state index in [9.17, 15) is 18.0 Å². The van der Waals surface area contributed by atoms with Crippen LogP contribution in [0.5, 0.6) is 0 Å². The Balaban J connectivity index is 1.63. The maximum absolute atomic E-state index is 12.8. The van der Waals surface area contributed by atoms with E-state index in [0.29, 0.717) is 41.8 Å². The van der Waals surface area contributed by atoms with Crippen LogP contribution in [0.4, 0.5) is 30.6 Å². The minimum Gasteiger partial charge on any atom is -0.380 e. The summed E-state index contributed by atoms with van der Waals surface area (Å²) >= 11 is 0. The van der Waals surface area contributed by atoms with Crippen LogP contribution < -0.4 is 22.1 Å². The summed E-state index contributed by atoms with van der Waals surface area (Å²) in [7, 11) is 0. The molecule has 1 aliphatic rings. The fraction of sp³-hybridized carbons (Fsp3) is 0.421. The maximum atomic E-state index is 12.8. The van der Waals surface area contributed by atoms with Crippen molar-refractivity contribution in [3.63, 3.8) is 0 Å². The molecule has 1 saturated heterocycles. The van der Waals surface area contributed by atoms with Crippen molar-refractivity contribution in [2.24, 2.45) is 11.5 Å². The van der Waals surface area contributed by atoms with E-state index in [1.807, 2.05) is 0 Å². The average molecular weight is 465 g/mol. The van der Waals surface area contributed by atoms with Gasteiger partial charge >= 0.3 is 6.18 Å². The molecule has 1 amide bonds. The van der Waals surface area contributed by atoms with Crippen LogP contribution in [0.3, 0.4) is 0 Å². The number of amides is 1.